The molecule has 0 radical (unpaired) electrons. The Bertz CT molecular complexity index is 1510. The van der Waals surface area contributed by atoms with Gasteiger partial charge in [0.15, 0.2) is 11.5 Å². The summed E-state index contributed by atoms with van der Waals surface area (Å²) in [5, 5.41) is 13.4. The van der Waals surface area contributed by atoms with E-state index in [-0.39, 0.29) is 12.2 Å². The monoisotopic (exact) mass is 558 g/mol. The molecule has 0 aliphatic rings. The molecule has 4 rings (SSSR count). The van der Waals surface area contributed by atoms with Gasteiger partial charge in [0.1, 0.15) is 30.6 Å². The zero-order valence-corrected chi connectivity index (χ0v) is 22.5. The summed E-state index contributed by atoms with van der Waals surface area (Å²) in [5.41, 5.74) is 2.90. The first kappa shape index (κ1) is 27.6. The van der Waals surface area contributed by atoms with Gasteiger partial charge in [-0.1, -0.05) is 65.7 Å². The number of ether oxygens (including phenoxy) is 3. The number of halogens is 2. The lowest BCUT2D eigenvalue weighted by molar-refractivity contribution is -0.112. The molecule has 1 amide bonds. The van der Waals surface area contributed by atoms with Crippen LogP contribution in [0.1, 0.15) is 16.7 Å². The topological polar surface area (TPSA) is 80.6 Å². The second kappa shape index (κ2) is 13.4. The van der Waals surface area contributed by atoms with Crippen molar-refractivity contribution in [2.75, 3.05) is 12.4 Å². The molecule has 0 spiro atoms. The van der Waals surface area contributed by atoms with Gasteiger partial charge in [-0.15, -0.1) is 0 Å². The van der Waals surface area contributed by atoms with Gasteiger partial charge in [-0.05, 0) is 65.7 Å². The van der Waals surface area contributed by atoms with Gasteiger partial charge in [0.2, 0.25) is 0 Å². The van der Waals surface area contributed by atoms with Gasteiger partial charge in [-0.2, -0.15) is 5.26 Å². The second-order valence-electron chi connectivity index (χ2n) is 8.36. The Hall–Kier alpha value is -4.44. The van der Waals surface area contributed by atoms with Crippen LogP contribution >= 0.6 is 23.2 Å². The van der Waals surface area contributed by atoms with Crippen molar-refractivity contribution in [2.24, 2.45) is 0 Å². The van der Waals surface area contributed by atoms with Crippen LogP contribution in [0.4, 0.5) is 5.69 Å². The van der Waals surface area contributed by atoms with Gasteiger partial charge in [0, 0.05) is 21.3 Å². The molecule has 0 saturated carbocycles. The summed E-state index contributed by atoms with van der Waals surface area (Å²) in [6.07, 6.45) is 1.49. The van der Waals surface area contributed by atoms with Crippen molar-refractivity contribution in [3.8, 4) is 23.3 Å². The number of benzene rings is 4. The lowest BCUT2D eigenvalue weighted by Crippen LogP contribution is -2.13. The largest absolute Gasteiger partial charge is 0.493 e. The number of nitrogens with one attached hydrogen (secondary N) is 1. The number of anilines is 1. The van der Waals surface area contributed by atoms with Crippen LogP contribution in [0.15, 0.2) is 96.6 Å². The number of nitriles is 1. The third-order valence-electron chi connectivity index (χ3n) is 5.62. The third-order valence-corrected chi connectivity index (χ3v) is 6.21. The molecule has 0 bridgehead atoms. The second-order valence-corrected chi connectivity index (χ2v) is 9.20. The molecule has 8 heteroatoms. The minimum Gasteiger partial charge on any atom is -0.493 e. The van der Waals surface area contributed by atoms with E-state index >= 15 is 0 Å². The fourth-order valence-corrected chi connectivity index (χ4v) is 4.04. The highest BCUT2D eigenvalue weighted by Crippen LogP contribution is 2.30. The molecule has 196 valence electrons. The predicted octanol–water partition coefficient (Wildman–Crippen LogP) is 7.71. The third kappa shape index (κ3) is 7.78. The van der Waals surface area contributed by atoms with E-state index in [4.69, 9.17) is 37.4 Å². The molecule has 0 aliphatic carbocycles. The minimum absolute atomic E-state index is 0.0623. The highest BCUT2D eigenvalue weighted by Gasteiger charge is 2.12. The summed E-state index contributed by atoms with van der Waals surface area (Å²) in [6, 6.07) is 29.0. The van der Waals surface area contributed by atoms with E-state index in [0.29, 0.717) is 45.2 Å². The minimum atomic E-state index is -0.539. The number of carbonyl (C=O) groups is 1. The molecule has 0 unspecified atom stereocenters. The van der Waals surface area contributed by atoms with Crippen LogP contribution in [0.25, 0.3) is 6.08 Å². The fraction of sp³-hybridized carbons (Fsp3) is 0.0968. The molecule has 0 heterocycles. The normalized spacial score (nSPS) is 10.9. The Morgan fingerprint density at radius 2 is 1.67 bits per heavy atom. The first-order valence-electron chi connectivity index (χ1n) is 11.9. The molecule has 39 heavy (non-hydrogen) atoms. The van der Waals surface area contributed by atoms with Gasteiger partial charge in [-0.3, -0.25) is 4.79 Å². The van der Waals surface area contributed by atoms with Crippen LogP contribution in [0, 0.1) is 11.3 Å². The highest BCUT2D eigenvalue weighted by molar-refractivity contribution is 6.35. The van der Waals surface area contributed by atoms with E-state index in [1.54, 1.807) is 60.7 Å². The SMILES string of the molecule is COc1cc(/C=C(\C#N)C(=O)Nc2ccc(OCc3ccc(Cl)cc3Cl)cc2)ccc1OCc1ccccc1. The number of rotatable bonds is 10. The van der Waals surface area contributed by atoms with Crippen molar-refractivity contribution < 1.29 is 19.0 Å². The van der Waals surface area contributed by atoms with E-state index < -0.39 is 5.91 Å². The standard InChI is InChI=1S/C31H24Cl2N2O4/c1-37-30-16-22(7-14-29(30)39-19-21-5-3-2-4-6-21)15-24(18-34)31(36)35-26-10-12-27(13-11-26)38-20-23-8-9-25(32)17-28(23)33/h2-17H,19-20H2,1H3,(H,35,36)/b24-15+. The lowest BCUT2D eigenvalue weighted by Gasteiger charge is -2.12. The summed E-state index contributed by atoms with van der Waals surface area (Å²) >= 11 is 12.1. The molecule has 0 aliphatic heterocycles. The maximum atomic E-state index is 12.8. The van der Waals surface area contributed by atoms with Crippen LogP contribution in [-0.2, 0) is 18.0 Å². The predicted molar refractivity (Wildman–Crippen MR) is 153 cm³/mol. The molecular weight excluding hydrogens is 535 g/mol. The van der Waals surface area contributed by atoms with E-state index in [1.807, 2.05) is 36.4 Å². The van der Waals surface area contributed by atoms with E-state index in [2.05, 4.69) is 5.32 Å². The lowest BCUT2D eigenvalue weighted by atomic mass is 10.1. The van der Waals surface area contributed by atoms with Gasteiger partial charge in [0.05, 0.1) is 7.11 Å². The van der Waals surface area contributed by atoms with Gasteiger partial charge < -0.3 is 19.5 Å². The van der Waals surface area contributed by atoms with Crippen LogP contribution in [0.5, 0.6) is 17.2 Å². The van der Waals surface area contributed by atoms with Crippen molar-refractivity contribution in [3.05, 3.63) is 123 Å². The Labute approximate surface area is 237 Å². The van der Waals surface area contributed by atoms with Crippen molar-refractivity contribution in [1.82, 2.24) is 0 Å². The van der Waals surface area contributed by atoms with Gasteiger partial charge >= 0.3 is 0 Å². The average molecular weight is 559 g/mol. The first-order chi connectivity index (χ1) is 18.9. The molecule has 0 saturated heterocycles. The van der Waals surface area contributed by atoms with Crippen molar-refractivity contribution >= 4 is 40.9 Å². The molecule has 0 fully saturated rings. The highest BCUT2D eigenvalue weighted by atomic mass is 35.5. The molecule has 4 aromatic carbocycles. The van der Waals surface area contributed by atoms with Crippen molar-refractivity contribution in [3.63, 3.8) is 0 Å². The zero-order chi connectivity index (χ0) is 27.6. The number of hydrogen-bond acceptors (Lipinski definition) is 5. The molecule has 1 N–H and O–H groups in total. The first-order valence-corrected chi connectivity index (χ1v) is 12.7. The smallest absolute Gasteiger partial charge is 0.266 e. The quantitative estimate of drug-likeness (QED) is 0.159. The number of nitrogens with zero attached hydrogens (tertiary/aromatic N) is 1. The molecule has 0 aromatic heterocycles. The Morgan fingerprint density at radius 1 is 0.897 bits per heavy atom. The molecular formula is C31H24Cl2N2O4. The Kier molecular flexibility index (Phi) is 9.47. The van der Waals surface area contributed by atoms with Crippen molar-refractivity contribution in [2.45, 2.75) is 13.2 Å². The summed E-state index contributed by atoms with van der Waals surface area (Å²) in [6.45, 7) is 0.652. The van der Waals surface area contributed by atoms with Gasteiger partial charge in [0.25, 0.3) is 5.91 Å². The Morgan fingerprint density at radius 3 is 2.36 bits per heavy atom. The van der Waals surface area contributed by atoms with Crippen LogP contribution in [0.3, 0.4) is 0 Å². The van der Waals surface area contributed by atoms with E-state index in [9.17, 15) is 10.1 Å². The maximum absolute atomic E-state index is 12.8. The maximum Gasteiger partial charge on any atom is 0.266 e. The summed E-state index contributed by atoms with van der Waals surface area (Å²) in [5.74, 6) is 1.11. The average Bonchev–Trinajstić information content (AvgIpc) is 2.95. The van der Waals surface area contributed by atoms with Crippen LogP contribution in [0.2, 0.25) is 10.0 Å². The number of carbonyl (C=O) groups excluding carboxylic acids is 1. The Balaban J connectivity index is 1.38. The van der Waals surface area contributed by atoms with E-state index in [1.165, 1.54) is 13.2 Å². The van der Waals surface area contributed by atoms with Crippen LogP contribution in [-0.4, -0.2) is 13.0 Å². The number of amides is 1. The van der Waals surface area contributed by atoms with Crippen LogP contribution < -0.4 is 19.5 Å². The summed E-state index contributed by atoms with van der Waals surface area (Å²) in [7, 11) is 1.54. The number of hydrogen-bond donors (Lipinski definition) is 1. The van der Waals surface area contributed by atoms with Gasteiger partial charge in [-0.25, -0.2) is 0 Å². The summed E-state index contributed by atoms with van der Waals surface area (Å²) < 4.78 is 17.1. The van der Waals surface area contributed by atoms with Crippen molar-refractivity contribution in [1.29, 1.82) is 5.26 Å². The number of methoxy groups -OCH3 is 1. The molecule has 4 aromatic rings. The summed E-state index contributed by atoms with van der Waals surface area (Å²) in [4.78, 5) is 12.8. The fourth-order valence-electron chi connectivity index (χ4n) is 3.58. The zero-order valence-electron chi connectivity index (χ0n) is 21.0. The molecule has 0 atom stereocenters. The van der Waals surface area contributed by atoms with E-state index in [0.717, 1.165) is 11.1 Å². The molecule has 6 nitrogen and oxygen atoms in total.